The van der Waals surface area contributed by atoms with Crippen molar-refractivity contribution in [3.05, 3.63) is 53.7 Å². The summed E-state index contributed by atoms with van der Waals surface area (Å²) in [5, 5.41) is 10.6. The second-order valence-corrected chi connectivity index (χ2v) is 3.78. The lowest BCUT2D eigenvalue weighted by Crippen LogP contribution is -2.23. The molecule has 1 heterocycles. The van der Waals surface area contributed by atoms with Gasteiger partial charge in [0.25, 0.3) is 0 Å². The third-order valence-corrected chi connectivity index (χ3v) is 2.32. The van der Waals surface area contributed by atoms with Crippen LogP contribution in [0.2, 0.25) is 0 Å². The smallest absolute Gasteiger partial charge is 0.416 e. The summed E-state index contributed by atoms with van der Waals surface area (Å²) in [5.74, 6) is -1.73. The monoisotopic (exact) mass is 282 g/mol. The van der Waals surface area contributed by atoms with Gasteiger partial charge in [0.2, 0.25) is 5.88 Å². The van der Waals surface area contributed by atoms with E-state index in [9.17, 15) is 23.1 Å². The van der Waals surface area contributed by atoms with Gasteiger partial charge in [-0.05, 0) is 24.3 Å². The highest BCUT2D eigenvalue weighted by Gasteiger charge is 2.30. The number of aromatic nitrogens is 1. The molecular formula is C13H7F3NO3-. The number of carboxylic acids is 1. The summed E-state index contributed by atoms with van der Waals surface area (Å²) in [5.41, 5.74) is -1.24. The molecule has 0 N–H and O–H groups in total. The van der Waals surface area contributed by atoms with Crippen molar-refractivity contribution in [3.8, 4) is 11.6 Å². The van der Waals surface area contributed by atoms with Crippen molar-refractivity contribution in [2.75, 3.05) is 0 Å². The Morgan fingerprint density at radius 1 is 1.15 bits per heavy atom. The van der Waals surface area contributed by atoms with E-state index in [0.29, 0.717) is 0 Å². The number of hydrogen-bond acceptors (Lipinski definition) is 4. The molecule has 7 heteroatoms. The van der Waals surface area contributed by atoms with Crippen LogP contribution in [0.4, 0.5) is 13.2 Å². The second-order valence-electron chi connectivity index (χ2n) is 3.78. The molecule has 0 amide bonds. The predicted octanol–water partition coefficient (Wildman–Crippen LogP) is 2.26. The van der Waals surface area contributed by atoms with Gasteiger partial charge < -0.3 is 14.6 Å². The number of pyridine rings is 1. The maximum atomic E-state index is 12.5. The third-order valence-electron chi connectivity index (χ3n) is 2.32. The highest BCUT2D eigenvalue weighted by molar-refractivity contribution is 5.83. The standard InChI is InChI=1S/C13H8F3NO3/c14-13(15,16)8-3-1-4-9(7-8)20-11-6-2-5-10(17-11)12(18)19/h1-7H,(H,18,19)/p-1. The predicted molar refractivity (Wildman–Crippen MR) is 60.1 cm³/mol. The first-order valence-electron chi connectivity index (χ1n) is 5.40. The number of nitrogens with zero attached hydrogens (tertiary/aromatic N) is 1. The van der Waals surface area contributed by atoms with Crippen molar-refractivity contribution in [2.45, 2.75) is 6.18 Å². The van der Waals surface area contributed by atoms with Crippen molar-refractivity contribution >= 4 is 5.97 Å². The van der Waals surface area contributed by atoms with Gasteiger partial charge in [-0.3, -0.25) is 0 Å². The van der Waals surface area contributed by atoms with Gasteiger partial charge in [0.05, 0.1) is 17.2 Å². The van der Waals surface area contributed by atoms with Crippen LogP contribution in [0.1, 0.15) is 16.1 Å². The van der Waals surface area contributed by atoms with E-state index in [-0.39, 0.29) is 17.3 Å². The van der Waals surface area contributed by atoms with E-state index in [0.717, 1.165) is 12.1 Å². The van der Waals surface area contributed by atoms with Crippen molar-refractivity contribution in [3.63, 3.8) is 0 Å². The number of ether oxygens (including phenoxy) is 1. The first-order chi connectivity index (χ1) is 9.36. The number of rotatable bonds is 3. The molecule has 0 saturated carbocycles. The van der Waals surface area contributed by atoms with Gasteiger partial charge in [-0.15, -0.1) is 0 Å². The van der Waals surface area contributed by atoms with Crippen molar-refractivity contribution in [2.24, 2.45) is 0 Å². The molecule has 0 saturated heterocycles. The summed E-state index contributed by atoms with van der Waals surface area (Å²) in [4.78, 5) is 14.2. The lowest BCUT2D eigenvalue weighted by atomic mass is 10.2. The summed E-state index contributed by atoms with van der Waals surface area (Å²) >= 11 is 0. The average Bonchev–Trinajstić information content (AvgIpc) is 2.38. The summed E-state index contributed by atoms with van der Waals surface area (Å²) < 4.78 is 42.7. The molecular weight excluding hydrogens is 275 g/mol. The molecule has 0 unspecified atom stereocenters. The first kappa shape index (κ1) is 13.9. The Labute approximate surface area is 111 Å². The van der Waals surface area contributed by atoms with Crippen LogP contribution in [-0.4, -0.2) is 11.0 Å². The maximum absolute atomic E-state index is 12.5. The number of hydrogen-bond donors (Lipinski definition) is 0. The Morgan fingerprint density at radius 3 is 2.50 bits per heavy atom. The molecule has 2 aromatic rings. The summed E-state index contributed by atoms with van der Waals surface area (Å²) in [6.45, 7) is 0. The number of carbonyl (C=O) groups is 1. The molecule has 0 fully saturated rings. The van der Waals surface area contributed by atoms with Crippen molar-refractivity contribution in [1.82, 2.24) is 4.98 Å². The number of alkyl halides is 3. The largest absolute Gasteiger partial charge is 0.543 e. The summed E-state index contributed by atoms with van der Waals surface area (Å²) in [6.07, 6.45) is -4.49. The van der Waals surface area contributed by atoms with Crippen LogP contribution in [-0.2, 0) is 6.18 Å². The van der Waals surface area contributed by atoms with Gasteiger partial charge in [-0.2, -0.15) is 13.2 Å². The Morgan fingerprint density at radius 2 is 1.85 bits per heavy atom. The lowest BCUT2D eigenvalue weighted by Gasteiger charge is -2.10. The van der Waals surface area contributed by atoms with E-state index < -0.39 is 17.7 Å². The van der Waals surface area contributed by atoms with Crippen LogP contribution in [0.25, 0.3) is 0 Å². The molecule has 0 bridgehead atoms. The van der Waals surface area contributed by atoms with Crippen LogP contribution in [0.5, 0.6) is 11.6 Å². The van der Waals surface area contributed by atoms with Gasteiger partial charge in [0.1, 0.15) is 5.75 Å². The van der Waals surface area contributed by atoms with Crippen LogP contribution in [0, 0.1) is 0 Å². The molecule has 1 aromatic carbocycles. The van der Waals surface area contributed by atoms with Gasteiger partial charge in [-0.25, -0.2) is 4.98 Å². The second kappa shape index (κ2) is 5.20. The van der Waals surface area contributed by atoms with E-state index in [2.05, 4.69) is 4.98 Å². The van der Waals surface area contributed by atoms with E-state index >= 15 is 0 Å². The quantitative estimate of drug-likeness (QED) is 0.866. The minimum absolute atomic E-state index is 0.0946. The minimum Gasteiger partial charge on any atom is -0.543 e. The Balaban J connectivity index is 2.26. The third kappa shape index (κ3) is 3.25. The SMILES string of the molecule is O=C([O-])c1cccc(Oc2cccc(C(F)(F)F)c2)n1. The Kier molecular flexibility index (Phi) is 3.60. The number of benzene rings is 1. The molecule has 0 aliphatic carbocycles. The van der Waals surface area contributed by atoms with Gasteiger partial charge in [-0.1, -0.05) is 12.1 Å². The number of halogens is 3. The lowest BCUT2D eigenvalue weighted by molar-refractivity contribution is -0.255. The van der Waals surface area contributed by atoms with E-state index in [1.54, 1.807) is 0 Å². The fourth-order valence-electron chi connectivity index (χ4n) is 1.44. The van der Waals surface area contributed by atoms with Gasteiger partial charge in [0, 0.05) is 6.07 Å². The summed E-state index contributed by atoms with van der Waals surface area (Å²) in [6, 6.07) is 8.05. The molecule has 20 heavy (non-hydrogen) atoms. The van der Waals surface area contributed by atoms with Gasteiger partial charge >= 0.3 is 6.18 Å². The Bertz CT molecular complexity index is 641. The average molecular weight is 282 g/mol. The fraction of sp³-hybridized carbons (Fsp3) is 0.0769. The zero-order valence-electron chi connectivity index (χ0n) is 9.85. The zero-order valence-corrected chi connectivity index (χ0v) is 9.85. The Hall–Kier alpha value is -2.57. The fourth-order valence-corrected chi connectivity index (χ4v) is 1.44. The van der Waals surface area contributed by atoms with E-state index in [1.165, 1.54) is 30.3 Å². The van der Waals surface area contributed by atoms with E-state index in [1.807, 2.05) is 0 Å². The number of carbonyl (C=O) groups excluding carboxylic acids is 1. The van der Waals surface area contributed by atoms with Crippen molar-refractivity contribution in [1.29, 1.82) is 0 Å². The first-order valence-corrected chi connectivity index (χ1v) is 5.40. The minimum atomic E-state index is -4.49. The maximum Gasteiger partial charge on any atom is 0.416 e. The highest BCUT2D eigenvalue weighted by atomic mass is 19.4. The molecule has 2 rings (SSSR count). The number of carboxylic acid groups (broad SMARTS) is 1. The molecule has 104 valence electrons. The van der Waals surface area contributed by atoms with Crippen LogP contribution < -0.4 is 9.84 Å². The topological polar surface area (TPSA) is 62.2 Å². The molecule has 0 atom stereocenters. The molecule has 1 aromatic heterocycles. The molecule has 4 nitrogen and oxygen atoms in total. The van der Waals surface area contributed by atoms with Gasteiger partial charge in [0.15, 0.2) is 0 Å². The number of aromatic carboxylic acids is 1. The van der Waals surface area contributed by atoms with Crippen LogP contribution in [0.3, 0.4) is 0 Å². The molecule has 0 aliphatic rings. The van der Waals surface area contributed by atoms with E-state index in [4.69, 9.17) is 4.74 Å². The molecule has 0 spiro atoms. The normalized spacial score (nSPS) is 11.2. The highest BCUT2D eigenvalue weighted by Crippen LogP contribution is 2.32. The summed E-state index contributed by atoms with van der Waals surface area (Å²) in [7, 11) is 0. The van der Waals surface area contributed by atoms with Crippen LogP contribution >= 0.6 is 0 Å². The zero-order chi connectivity index (χ0) is 14.8. The van der Waals surface area contributed by atoms with Crippen molar-refractivity contribution < 1.29 is 27.8 Å². The molecule has 0 radical (unpaired) electrons. The molecule has 0 aliphatic heterocycles. The van der Waals surface area contributed by atoms with Crippen LogP contribution in [0.15, 0.2) is 42.5 Å².